The zero-order valence-corrected chi connectivity index (χ0v) is 18.9. The number of hydrogen-bond donors (Lipinski definition) is 1. The number of thioether (sulfide) groups is 1. The molecule has 1 N–H and O–H groups in total. The predicted molar refractivity (Wildman–Crippen MR) is 128 cm³/mol. The van der Waals surface area contributed by atoms with E-state index in [0.29, 0.717) is 5.75 Å². The zero-order chi connectivity index (χ0) is 20.6. The molecule has 0 bridgehead atoms. The van der Waals surface area contributed by atoms with E-state index in [-0.39, 0.29) is 6.61 Å². The van der Waals surface area contributed by atoms with Gasteiger partial charge in [-0.15, -0.1) is 11.8 Å². The second-order valence-electron chi connectivity index (χ2n) is 6.38. The van der Waals surface area contributed by atoms with Crippen molar-refractivity contribution in [3.05, 3.63) is 99.1 Å². The summed E-state index contributed by atoms with van der Waals surface area (Å²) < 4.78 is 6.53. The van der Waals surface area contributed by atoms with Crippen molar-refractivity contribution in [1.29, 1.82) is 0 Å². The van der Waals surface area contributed by atoms with Crippen LogP contribution >= 0.6 is 34.4 Å². The molecular weight excluding hydrogens is 495 g/mol. The van der Waals surface area contributed by atoms with Gasteiger partial charge >= 0.3 is 5.97 Å². The molecule has 0 aromatic heterocycles. The Hall–Kier alpha value is -2.25. The molecule has 5 heteroatoms. The highest BCUT2D eigenvalue weighted by Crippen LogP contribution is 2.30. The van der Waals surface area contributed by atoms with Crippen LogP contribution in [0.3, 0.4) is 0 Å². The number of aliphatic carboxylic acids is 1. The molecular formula is C24H21IO3S. The fourth-order valence-corrected chi connectivity index (χ4v) is 4.46. The third-order valence-electron chi connectivity index (χ3n) is 4.28. The SMILES string of the molecule is Cc1cc(SC/C=C(/c2ccccc2)c2ccccc2I)ccc1OCC(=O)O. The van der Waals surface area contributed by atoms with Crippen molar-refractivity contribution >= 4 is 45.9 Å². The van der Waals surface area contributed by atoms with Gasteiger partial charge < -0.3 is 9.84 Å². The van der Waals surface area contributed by atoms with Gasteiger partial charge in [0.2, 0.25) is 0 Å². The van der Waals surface area contributed by atoms with Gasteiger partial charge in [-0.25, -0.2) is 4.79 Å². The Labute approximate surface area is 188 Å². The third kappa shape index (κ3) is 6.11. The third-order valence-corrected chi connectivity index (χ3v) is 6.15. The number of carboxylic acids is 1. The highest BCUT2D eigenvalue weighted by Gasteiger charge is 2.09. The smallest absolute Gasteiger partial charge is 0.341 e. The van der Waals surface area contributed by atoms with E-state index in [2.05, 4.69) is 77.2 Å². The van der Waals surface area contributed by atoms with Crippen LogP contribution in [-0.4, -0.2) is 23.4 Å². The summed E-state index contributed by atoms with van der Waals surface area (Å²) in [5.74, 6) is 0.456. The summed E-state index contributed by atoms with van der Waals surface area (Å²) in [5.41, 5.74) is 4.58. The van der Waals surface area contributed by atoms with E-state index < -0.39 is 5.97 Å². The second-order valence-corrected chi connectivity index (χ2v) is 8.64. The van der Waals surface area contributed by atoms with Crippen LogP contribution in [0.4, 0.5) is 0 Å². The first kappa shape index (κ1) is 21.5. The van der Waals surface area contributed by atoms with Crippen molar-refractivity contribution in [1.82, 2.24) is 0 Å². The number of carbonyl (C=O) groups is 1. The van der Waals surface area contributed by atoms with Gasteiger partial charge in [0.25, 0.3) is 0 Å². The summed E-state index contributed by atoms with van der Waals surface area (Å²) in [6.45, 7) is 1.60. The van der Waals surface area contributed by atoms with Crippen molar-refractivity contribution in [2.24, 2.45) is 0 Å². The van der Waals surface area contributed by atoms with Gasteiger partial charge in [0.15, 0.2) is 6.61 Å². The first-order chi connectivity index (χ1) is 14.0. The quantitative estimate of drug-likeness (QED) is 0.283. The molecule has 3 aromatic rings. The van der Waals surface area contributed by atoms with Crippen LogP contribution in [0.1, 0.15) is 16.7 Å². The number of rotatable bonds is 8. The molecule has 148 valence electrons. The van der Waals surface area contributed by atoms with Gasteiger partial charge in [-0.05, 0) is 76.0 Å². The molecule has 0 aliphatic rings. The fraction of sp³-hybridized carbons (Fsp3) is 0.125. The van der Waals surface area contributed by atoms with Crippen LogP contribution in [0.2, 0.25) is 0 Å². The minimum Gasteiger partial charge on any atom is -0.482 e. The van der Waals surface area contributed by atoms with Gasteiger partial charge in [-0.3, -0.25) is 0 Å². The fourth-order valence-electron chi connectivity index (χ4n) is 2.91. The molecule has 0 unspecified atom stereocenters. The second kappa shape index (κ2) is 10.5. The maximum absolute atomic E-state index is 10.7. The monoisotopic (exact) mass is 516 g/mol. The molecule has 0 aliphatic heterocycles. The normalized spacial score (nSPS) is 11.3. The number of ether oxygens (including phenoxy) is 1. The molecule has 0 aliphatic carbocycles. The van der Waals surface area contributed by atoms with E-state index in [0.717, 1.165) is 16.2 Å². The van der Waals surface area contributed by atoms with E-state index in [1.165, 1.54) is 20.3 Å². The first-order valence-corrected chi connectivity index (χ1v) is 11.2. The van der Waals surface area contributed by atoms with Crippen LogP contribution < -0.4 is 4.74 Å². The lowest BCUT2D eigenvalue weighted by molar-refractivity contribution is -0.139. The number of benzene rings is 3. The first-order valence-electron chi connectivity index (χ1n) is 9.13. The van der Waals surface area contributed by atoms with Crippen LogP contribution in [0.5, 0.6) is 5.75 Å². The summed E-state index contributed by atoms with van der Waals surface area (Å²) in [6, 6.07) is 24.7. The Balaban J connectivity index is 1.78. The minimum absolute atomic E-state index is 0.327. The zero-order valence-electron chi connectivity index (χ0n) is 16.0. The molecule has 3 rings (SSSR count). The summed E-state index contributed by atoms with van der Waals surface area (Å²) in [5, 5.41) is 8.76. The number of hydrogen-bond acceptors (Lipinski definition) is 3. The van der Waals surface area contributed by atoms with Crippen LogP contribution in [0.15, 0.2) is 83.8 Å². The van der Waals surface area contributed by atoms with Gasteiger partial charge in [0, 0.05) is 14.2 Å². The summed E-state index contributed by atoms with van der Waals surface area (Å²) in [6.07, 6.45) is 2.27. The largest absolute Gasteiger partial charge is 0.482 e. The molecule has 29 heavy (non-hydrogen) atoms. The number of aryl methyl sites for hydroxylation is 1. The Morgan fingerprint density at radius 1 is 1.07 bits per heavy atom. The number of halogens is 1. The van der Waals surface area contributed by atoms with Gasteiger partial charge in [-0.1, -0.05) is 54.6 Å². The highest BCUT2D eigenvalue weighted by molar-refractivity contribution is 14.1. The lowest BCUT2D eigenvalue weighted by Crippen LogP contribution is -2.09. The van der Waals surface area contributed by atoms with E-state index in [9.17, 15) is 4.79 Å². The molecule has 0 saturated heterocycles. The van der Waals surface area contributed by atoms with Crippen molar-refractivity contribution in [3.63, 3.8) is 0 Å². The molecule has 0 saturated carbocycles. The van der Waals surface area contributed by atoms with Crippen LogP contribution in [0, 0.1) is 10.5 Å². The molecule has 0 fully saturated rings. The van der Waals surface area contributed by atoms with Crippen LogP contribution in [-0.2, 0) is 4.79 Å². The molecule has 0 radical (unpaired) electrons. The van der Waals surface area contributed by atoms with Gasteiger partial charge in [-0.2, -0.15) is 0 Å². The van der Waals surface area contributed by atoms with Crippen molar-refractivity contribution in [3.8, 4) is 5.75 Å². The summed E-state index contributed by atoms with van der Waals surface area (Å²) >= 11 is 4.12. The van der Waals surface area contributed by atoms with Gasteiger partial charge in [0.1, 0.15) is 5.75 Å². The topological polar surface area (TPSA) is 46.5 Å². The number of carboxylic acid groups (broad SMARTS) is 1. The van der Waals surface area contributed by atoms with Crippen molar-refractivity contribution < 1.29 is 14.6 Å². The molecule has 0 amide bonds. The van der Waals surface area contributed by atoms with Crippen molar-refractivity contribution in [2.75, 3.05) is 12.4 Å². The predicted octanol–water partition coefficient (Wildman–Crippen LogP) is 6.29. The Morgan fingerprint density at radius 3 is 2.48 bits per heavy atom. The average Bonchev–Trinajstić information content (AvgIpc) is 2.72. The van der Waals surface area contributed by atoms with E-state index in [4.69, 9.17) is 9.84 Å². The molecule has 0 heterocycles. The lowest BCUT2D eigenvalue weighted by Gasteiger charge is -2.11. The van der Waals surface area contributed by atoms with Crippen molar-refractivity contribution in [2.45, 2.75) is 11.8 Å². The lowest BCUT2D eigenvalue weighted by atomic mass is 9.98. The van der Waals surface area contributed by atoms with E-state index in [1.807, 2.05) is 31.2 Å². The Kier molecular flexibility index (Phi) is 7.77. The maximum Gasteiger partial charge on any atom is 0.341 e. The molecule has 3 aromatic carbocycles. The molecule has 0 spiro atoms. The van der Waals surface area contributed by atoms with E-state index >= 15 is 0 Å². The molecule has 3 nitrogen and oxygen atoms in total. The Bertz CT molecular complexity index is 1020. The highest BCUT2D eigenvalue weighted by atomic mass is 127. The Morgan fingerprint density at radius 2 is 1.79 bits per heavy atom. The molecule has 0 atom stereocenters. The standard InChI is InChI=1S/C24H21IO3S/c1-17-15-19(11-12-23(17)28-16-24(26)27)29-14-13-20(18-7-3-2-4-8-18)21-9-5-6-10-22(21)25/h2-13,15H,14,16H2,1H3,(H,26,27)/b20-13-. The summed E-state index contributed by atoms with van der Waals surface area (Å²) in [7, 11) is 0. The summed E-state index contributed by atoms with van der Waals surface area (Å²) in [4.78, 5) is 11.8. The van der Waals surface area contributed by atoms with Gasteiger partial charge in [0.05, 0.1) is 0 Å². The van der Waals surface area contributed by atoms with E-state index in [1.54, 1.807) is 11.8 Å². The van der Waals surface area contributed by atoms with Crippen LogP contribution in [0.25, 0.3) is 5.57 Å². The maximum atomic E-state index is 10.7. The average molecular weight is 516 g/mol. The minimum atomic E-state index is -0.975.